The molecule has 1 aliphatic rings. The molecular weight excluding hydrogens is 302 g/mol. The van der Waals surface area contributed by atoms with E-state index in [0.29, 0.717) is 6.61 Å². The van der Waals surface area contributed by atoms with Crippen LogP contribution in [0.2, 0.25) is 0 Å². The van der Waals surface area contributed by atoms with Gasteiger partial charge in [-0.2, -0.15) is 0 Å². The molecule has 1 fully saturated rings. The van der Waals surface area contributed by atoms with E-state index in [-0.39, 0.29) is 6.10 Å². The molecule has 1 aromatic carbocycles. The highest BCUT2D eigenvalue weighted by atomic mass is 16.5. The lowest BCUT2D eigenvalue weighted by atomic mass is 10.1. The van der Waals surface area contributed by atoms with Crippen LogP contribution in [0.15, 0.2) is 48.9 Å². The zero-order valence-electron chi connectivity index (χ0n) is 13.7. The molecule has 0 spiro atoms. The van der Waals surface area contributed by atoms with Crippen molar-refractivity contribution in [2.45, 2.75) is 6.10 Å². The fourth-order valence-corrected chi connectivity index (χ4v) is 3.02. The lowest BCUT2D eigenvalue weighted by Crippen LogP contribution is -2.41. The molecule has 0 bridgehead atoms. The normalized spacial score (nSPS) is 18.0. The minimum Gasteiger partial charge on any atom is -0.490 e. The lowest BCUT2D eigenvalue weighted by Gasteiger charge is -2.24. The zero-order chi connectivity index (χ0) is 16.4. The van der Waals surface area contributed by atoms with Gasteiger partial charge < -0.3 is 19.4 Å². The van der Waals surface area contributed by atoms with Gasteiger partial charge in [0, 0.05) is 44.1 Å². The maximum absolute atomic E-state index is 6.12. The Balaban J connectivity index is 1.66. The fraction of sp³-hybridized carbons (Fsp3) is 0.316. The van der Waals surface area contributed by atoms with Gasteiger partial charge in [0.15, 0.2) is 0 Å². The molecule has 1 aliphatic heterocycles. The van der Waals surface area contributed by atoms with Crippen molar-refractivity contribution >= 4 is 10.9 Å². The van der Waals surface area contributed by atoms with E-state index in [0.717, 1.165) is 47.5 Å². The van der Waals surface area contributed by atoms with Crippen LogP contribution in [0.1, 0.15) is 0 Å². The standard InChI is InChI=1S/C19H21N3O2/c1-22-7-4-14(12-22)15-9-18-17(3-2-5-21-18)19(10-15)24-13-16-11-20-6-8-23-16/h2-5,7,9-10,12,16,20H,6,8,11,13H2,1H3/t16-/m0/s1. The summed E-state index contributed by atoms with van der Waals surface area (Å²) in [6.07, 6.45) is 6.04. The van der Waals surface area contributed by atoms with E-state index in [2.05, 4.69) is 34.7 Å². The van der Waals surface area contributed by atoms with Crippen LogP contribution in [-0.2, 0) is 11.8 Å². The molecule has 5 nitrogen and oxygen atoms in total. The third kappa shape index (κ3) is 3.13. The van der Waals surface area contributed by atoms with Crippen LogP contribution in [0.4, 0.5) is 0 Å². The number of morpholine rings is 1. The number of fused-ring (bicyclic) bond motifs is 1. The molecule has 0 radical (unpaired) electrons. The number of aromatic nitrogens is 2. The number of aryl methyl sites for hydroxylation is 1. The van der Waals surface area contributed by atoms with Crippen LogP contribution in [-0.4, -0.2) is 42.0 Å². The van der Waals surface area contributed by atoms with Crippen LogP contribution >= 0.6 is 0 Å². The number of ether oxygens (including phenoxy) is 2. The second-order valence-electron chi connectivity index (χ2n) is 6.12. The van der Waals surface area contributed by atoms with Crippen molar-refractivity contribution in [2.75, 3.05) is 26.3 Å². The van der Waals surface area contributed by atoms with Crippen LogP contribution < -0.4 is 10.1 Å². The highest BCUT2D eigenvalue weighted by Crippen LogP contribution is 2.32. The average molecular weight is 323 g/mol. The summed E-state index contributed by atoms with van der Waals surface area (Å²) in [4.78, 5) is 4.50. The minimum absolute atomic E-state index is 0.0888. The second-order valence-corrected chi connectivity index (χ2v) is 6.12. The summed E-state index contributed by atoms with van der Waals surface area (Å²) in [5.41, 5.74) is 3.21. The molecule has 2 aromatic heterocycles. The first-order valence-electron chi connectivity index (χ1n) is 8.26. The quantitative estimate of drug-likeness (QED) is 0.802. The van der Waals surface area contributed by atoms with Crippen molar-refractivity contribution in [1.82, 2.24) is 14.9 Å². The van der Waals surface area contributed by atoms with E-state index in [1.807, 2.05) is 36.1 Å². The Labute approximate surface area is 141 Å². The summed E-state index contributed by atoms with van der Waals surface area (Å²) in [6.45, 7) is 3.01. The first-order valence-corrected chi connectivity index (χ1v) is 8.26. The van der Waals surface area contributed by atoms with Gasteiger partial charge in [-0.25, -0.2) is 0 Å². The monoisotopic (exact) mass is 323 g/mol. The van der Waals surface area contributed by atoms with Gasteiger partial charge in [-0.3, -0.25) is 4.98 Å². The largest absolute Gasteiger partial charge is 0.490 e. The number of rotatable bonds is 4. The predicted octanol–water partition coefficient (Wildman–Crippen LogP) is 2.61. The molecule has 0 amide bonds. The van der Waals surface area contributed by atoms with Crippen LogP contribution in [0, 0.1) is 0 Å². The molecule has 1 saturated heterocycles. The fourth-order valence-electron chi connectivity index (χ4n) is 3.02. The number of hydrogen-bond donors (Lipinski definition) is 1. The second kappa shape index (κ2) is 6.63. The van der Waals surface area contributed by atoms with Crippen molar-refractivity contribution in [3.63, 3.8) is 0 Å². The number of benzene rings is 1. The number of nitrogens with one attached hydrogen (secondary N) is 1. The van der Waals surface area contributed by atoms with Gasteiger partial charge in [0.25, 0.3) is 0 Å². The Kier molecular flexibility index (Phi) is 4.19. The summed E-state index contributed by atoms with van der Waals surface area (Å²) >= 11 is 0. The van der Waals surface area contributed by atoms with E-state index in [9.17, 15) is 0 Å². The Morgan fingerprint density at radius 1 is 1.33 bits per heavy atom. The van der Waals surface area contributed by atoms with Gasteiger partial charge in [-0.1, -0.05) is 0 Å². The van der Waals surface area contributed by atoms with Gasteiger partial charge in [0.2, 0.25) is 0 Å². The van der Waals surface area contributed by atoms with Gasteiger partial charge >= 0.3 is 0 Å². The third-order valence-electron chi connectivity index (χ3n) is 4.28. The van der Waals surface area contributed by atoms with Gasteiger partial charge in [-0.05, 0) is 41.5 Å². The maximum Gasteiger partial charge on any atom is 0.129 e. The third-order valence-corrected chi connectivity index (χ3v) is 4.28. The molecule has 24 heavy (non-hydrogen) atoms. The van der Waals surface area contributed by atoms with Crippen LogP contribution in [0.3, 0.4) is 0 Å². The lowest BCUT2D eigenvalue weighted by molar-refractivity contribution is 0.000518. The van der Waals surface area contributed by atoms with Crippen molar-refractivity contribution in [1.29, 1.82) is 0 Å². The first-order chi connectivity index (χ1) is 11.8. The first kappa shape index (κ1) is 15.2. The smallest absolute Gasteiger partial charge is 0.129 e. The van der Waals surface area contributed by atoms with Crippen LogP contribution in [0.5, 0.6) is 5.75 Å². The molecule has 0 aliphatic carbocycles. The molecule has 3 heterocycles. The van der Waals surface area contributed by atoms with Gasteiger partial charge in [-0.15, -0.1) is 0 Å². The summed E-state index contributed by atoms with van der Waals surface area (Å²) in [6, 6.07) is 10.3. The summed E-state index contributed by atoms with van der Waals surface area (Å²) in [5, 5.41) is 4.36. The molecule has 124 valence electrons. The van der Waals surface area contributed by atoms with Gasteiger partial charge in [0.05, 0.1) is 12.1 Å². The summed E-state index contributed by atoms with van der Waals surface area (Å²) in [5.74, 6) is 0.855. The Morgan fingerprint density at radius 2 is 2.29 bits per heavy atom. The number of nitrogens with zero attached hydrogens (tertiary/aromatic N) is 2. The van der Waals surface area contributed by atoms with Crippen molar-refractivity contribution in [2.24, 2.45) is 7.05 Å². The Hall–Kier alpha value is -2.37. The van der Waals surface area contributed by atoms with Gasteiger partial charge in [0.1, 0.15) is 18.5 Å². The molecule has 1 N–H and O–H groups in total. The highest BCUT2D eigenvalue weighted by Gasteiger charge is 2.15. The average Bonchev–Trinajstić information content (AvgIpc) is 3.07. The van der Waals surface area contributed by atoms with E-state index in [1.54, 1.807) is 0 Å². The minimum atomic E-state index is 0.0888. The highest BCUT2D eigenvalue weighted by molar-refractivity contribution is 5.89. The van der Waals surface area contributed by atoms with E-state index >= 15 is 0 Å². The van der Waals surface area contributed by atoms with Crippen LogP contribution in [0.25, 0.3) is 22.0 Å². The molecule has 0 saturated carbocycles. The van der Waals surface area contributed by atoms with E-state index in [4.69, 9.17) is 9.47 Å². The molecule has 3 aromatic rings. The molecule has 0 unspecified atom stereocenters. The Morgan fingerprint density at radius 3 is 3.08 bits per heavy atom. The maximum atomic E-state index is 6.12. The number of pyridine rings is 1. The van der Waals surface area contributed by atoms with E-state index < -0.39 is 0 Å². The van der Waals surface area contributed by atoms with Crippen molar-refractivity contribution in [3.8, 4) is 16.9 Å². The summed E-state index contributed by atoms with van der Waals surface area (Å²) < 4.78 is 13.9. The molecule has 5 heteroatoms. The predicted molar refractivity (Wildman–Crippen MR) is 94.3 cm³/mol. The SMILES string of the molecule is Cn1ccc(-c2cc(OC[C@@H]3CNCCO3)c3cccnc3c2)c1. The molecule has 4 rings (SSSR count). The molecule has 1 atom stereocenters. The van der Waals surface area contributed by atoms with E-state index in [1.165, 1.54) is 0 Å². The Bertz CT molecular complexity index is 837. The topological polar surface area (TPSA) is 48.3 Å². The number of hydrogen-bond acceptors (Lipinski definition) is 4. The van der Waals surface area contributed by atoms with Crippen molar-refractivity contribution < 1.29 is 9.47 Å². The molecular formula is C19H21N3O2. The summed E-state index contributed by atoms with van der Waals surface area (Å²) in [7, 11) is 2.02. The van der Waals surface area contributed by atoms with Crippen molar-refractivity contribution in [3.05, 3.63) is 48.9 Å². The zero-order valence-corrected chi connectivity index (χ0v) is 13.7.